The van der Waals surface area contributed by atoms with Crippen molar-refractivity contribution in [3.8, 4) is 0 Å². The highest BCUT2D eigenvalue weighted by molar-refractivity contribution is 5.97. The number of carbonyl (C=O) groups excluding carboxylic acids is 1. The molecule has 0 aromatic heterocycles. The van der Waals surface area contributed by atoms with E-state index in [0.29, 0.717) is 12.3 Å². The number of hydrogen-bond donors (Lipinski definition) is 0. The average Bonchev–Trinajstić information content (AvgIpc) is 2.37. The van der Waals surface area contributed by atoms with Gasteiger partial charge in [0, 0.05) is 12.0 Å². The van der Waals surface area contributed by atoms with Crippen molar-refractivity contribution in [2.75, 3.05) is 0 Å². The van der Waals surface area contributed by atoms with Gasteiger partial charge in [-0.05, 0) is 42.9 Å². The third kappa shape index (κ3) is 2.82. The van der Waals surface area contributed by atoms with E-state index in [1.54, 1.807) is 0 Å². The van der Waals surface area contributed by atoms with Gasteiger partial charge in [0.25, 0.3) is 0 Å². The van der Waals surface area contributed by atoms with Crippen LogP contribution in [0.2, 0.25) is 0 Å². The summed E-state index contributed by atoms with van der Waals surface area (Å²) in [6.07, 6.45) is 4.37. The Morgan fingerprint density at radius 2 is 1.90 bits per heavy atom. The molecule has 1 aliphatic carbocycles. The monoisotopic (exact) mass is 264 g/mol. The molecule has 0 atom stereocenters. The fraction of sp³-hybridized carbons (Fsp3) is 0.316. The Morgan fingerprint density at radius 3 is 2.60 bits per heavy atom. The Hall–Kier alpha value is -1.89. The summed E-state index contributed by atoms with van der Waals surface area (Å²) in [5, 5.41) is 0. The summed E-state index contributed by atoms with van der Waals surface area (Å²) in [6.45, 7) is 2.06. The summed E-state index contributed by atoms with van der Waals surface area (Å²) in [4.78, 5) is 12.4. The van der Waals surface area contributed by atoms with Gasteiger partial charge in [0.2, 0.25) is 0 Å². The van der Waals surface area contributed by atoms with Crippen LogP contribution in [0.25, 0.3) is 0 Å². The first-order valence-electron chi connectivity index (χ1n) is 7.41. The van der Waals surface area contributed by atoms with Crippen molar-refractivity contribution in [1.82, 2.24) is 0 Å². The van der Waals surface area contributed by atoms with Gasteiger partial charge >= 0.3 is 0 Å². The Morgan fingerprint density at radius 1 is 1.10 bits per heavy atom. The van der Waals surface area contributed by atoms with Crippen molar-refractivity contribution in [3.63, 3.8) is 0 Å². The maximum absolute atomic E-state index is 12.4. The van der Waals surface area contributed by atoms with Gasteiger partial charge in [-0.25, -0.2) is 0 Å². The highest BCUT2D eigenvalue weighted by atomic mass is 16.1. The van der Waals surface area contributed by atoms with Crippen LogP contribution in [0.4, 0.5) is 0 Å². The molecular formula is C19H20O. The number of ketones is 1. The Kier molecular flexibility index (Phi) is 3.68. The molecule has 0 bridgehead atoms. The van der Waals surface area contributed by atoms with E-state index in [1.165, 1.54) is 30.4 Å². The van der Waals surface area contributed by atoms with Gasteiger partial charge in [-0.2, -0.15) is 0 Å². The molecule has 0 spiro atoms. The van der Waals surface area contributed by atoms with Gasteiger partial charge in [-0.3, -0.25) is 4.79 Å². The van der Waals surface area contributed by atoms with Gasteiger partial charge in [-0.1, -0.05) is 54.4 Å². The van der Waals surface area contributed by atoms with E-state index >= 15 is 0 Å². The summed E-state index contributed by atoms with van der Waals surface area (Å²) < 4.78 is 0. The summed E-state index contributed by atoms with van der Waals surface area (Å²) >= 11 is 0. The van der Waals surface area contributed by atoms with E-state index < -0.39 is 0 Å². The summed E-state index contributed by atoms with van der Waals surface area (Å²) in [5.41, 5.74) is 4.50. The van der Waals surface area contributed by atoms with Crippen LogP contribution in [0.3, 0.4) is 0 Å². The van der Waals surface area contributed by atoms with Crippen molar-refractivity contribution < 1.29 is 4.79 Å². The molecule has 0 amide bonds. The molecule has 0 unspecified atom stereocenters. The molecule has 0 saturated heterocycles. The Balaban J connectivity index is 1.76. The Labute approximate surface area is 120 Å². The van der Waals surface area contributed by atoms with Crippen molar-refractivity contribution in [2.45, 2.75) is 38.5 Å². The minimum Gasteiger partial charge on any atom is -0.294 e. The lowest BCUT2D eigenvalue weighted by Gasteiger charge is -2.26. The average molecular weight is 264 g/mol. The van der Waals surface area contributed by atoms with E-state index in [2.05, 4.69) is 31.2 Å². The molecule has 1 saturated carbocycles. The molecule has 2 aromatic rings. The van der Waals surface area contributed by atoms with E-state index in [0.717, 1.165) is 11.1 Å². The molecule has 0 radical (unpaired) electrons. The topological polar surface area (TPSA) is 17.1 Å². The van der Waals surface area contributed by atoms with Crippen molar-refractivity contribution >= 4 is 5.78 Å². The van der Waals surface area contributed by atoms with E-state index in [9.17, 15) is 4.79 Å². The second-order valence-electron chi connectivity index (χ2n) is 5.84. The lowest BCUT2D eigenvalue weighted by Crippen LogP contribution is -2.10. The van der Waals surface area contributed by atoms with Crippen LogP contribution in [0.5, 0.6) is 0 Å². The van der Waals surface area contributed by atoms with E-state index in [4.69, 9.17) is 0 Å². The van der Waals surface area contributed by atoms with Crippen LogP contribution >= 0.6 is 0 Å². The number of hydrogen-bond acceptors (Lipinski definition) is 1. The predicted octanol–water partition coefficient (Wildman–Crippen LogP) is 4.69. The number of benzene rings is 2. The smallest absolute Gasteiger partial charge is 0.167 e. The first-order valence-corrected chi connectivity index (χ1v) is 7.41. The molecule has 0 heterocycles. The minimum absolute atomic E-state index is 0.219. The van der Waals surface area contributed by atoms with Crippen LogP contribution in [-0.4, -0.2) is 5.78 Å². The first-order chi connectivity index (χ1) is 9.72. The standard InChI is InChI=1S/C19H20O/c1-14-5-2-6-15(11-14)12-19(20)18-10-4-9-17(13-18)16-7-3-8-16/h2,4-6,9-11,13,16H,3,7-8,12H2,1H3. The maximum atomic E-state index is 12.4. The molecule has 1 fully saturated rings. The molecule has 20 heavy (non-hydrogen) atoms. The minimum atomic E-state index is 0.219. The van der Waals surface area contributed by atoms with Crippen LogP contribution < -0.4 is 0 Å². The van der Waals surface area contributed by atoms with Gasteiger partial charge in [-0.15, -0.1) is 0 Å². The quantitative estimate of drug-likeness (QED) is 0.732. The third-order valence-electron chi connectivity index (χ3n) is 4.23. The third-order valence-corrected chi connectivity index (χ3v) is 4.23. The molecule has 0 aliphatic heterocycles. The number of Topliss-reactive ketones (excluding diaryl/α,β-unsaturated/α-hetero) is 1. The molecular weight excluding hydrogens is 244 g/mol. The highest BCUT2D eigenvalue weighted by Crippen LogP contribution is 2.36. The zero-order valence-corrected chi connectivity index (χ0v) is 11.9. The van der Waals surface area contributed by atoms with Crippen LogP contribution in [-0.2, 0) is 6.42 Å². The van der Waals surface area contributed by atoms with Gasteiger partial charge in [0.05, 0.1) is 0 Å². The fourth-order valence-electron chi connectivity index (χ4n) is 2.82. The van der Waals surface area contributed by atoms with Gasteiger partial charge in [0.1, 0.15) is 0 Å². The zero-order valence-electron chi connectivity index (χ0n) is 11.9. The zero-order chi connectivity index (χ0) is 13.9. The summed E-state index contributed by atoms with van der Waals surface area (Å²) in [6, 6.07) is 16.4. The SMILES string of the molecule is Cc1cccc(CC(=O)c2cccc(C3CCC3)c2)c1. The van der Waals surface area contributed by atoms with Crippen LogP contribution in [0, 0.1) is 6.92 Å². The first kappa shape index (κ1) is 13.1. The maximum Gasteiger partial charge on any atom is 0.167 e. The molecule has 2 aromatic carbocycles. The Bertz CT molecular complexity index is 623. The molecule has 0 N–H and O–H groups in total. The van der Waals surface area contributed by atoms with Crippen molar-refractivity contribution in [3.05, 3.63) is 70.8 Å². The van der Waals surface area contributed by atoms with Crippen LogP contribution in [0.1, 0.15) is 52.2 Å². The lowest BCUT2D eigenvalue weighted by molar-refractivity contribution is 0.0993. The van der Waals surface area contributed by atoms with Crippen molar-refractivity contribution in [1.29, 1.82) is 0 Å². The highest BCUT2D eigenvalue weighted by Gasteiger charge is 2.20. The lowest BCUT2D eigenvalue weighted by atomic mass is 9.79. The molecule has 1 nitrogen and oxygen atoms in total. The van der Waals surface area contributed by atoms with E-state index in [1.807, 2.05) is 24.3 Å². The predicted molar refractivity (Wildman–Crippen MR) is 82.2 cm³/mol. The van der Waals surface area contributed by atoms with Gasteiger partial charge in [0.15, 0.2) is 5.78 Å². The van der Waals surface area contributed by atoms with E-state index in [-0.39, 0.29) is 5.78 Å². The van der Waals surface area contributed by atoms with Crippen LogP contribution in [0.15, 0.2) is 48.5 Å². The molecule has 102 valence electrons. The van der Waals surface area contributed by atoms with Gasteiger partial charge < -0.3 is 0 Å². The summed E-state index contributed by atoms with van der Waals surface area (Å²) in [7, 11) is 0. The number of rotatable bonds is 4. The summed E-state index contributed by atoms with van der Waals surface area (Å²) in [5.74, 6) is 0.901. The number of carbonyl (C=O) groups is 1. The molecule has 1 aliphatic rings. The molecule has 1 heteroatoms. The number of aryl methyl sites for hydroxylation is 1. The normalized spacial score (nSPS) is 14.8. The fourth-order valence-corrected chi connectivity index (χ4v) is 2.82. The second kappa shape index (κ2) is 5.62. The second-order valence-corrected chi connectivity index (χ2v) is 5.84. The van der Waals surface area contributed by atoms with Crippen molar-refractivity contribution in [2.24, 2.45) is 0 Å². The largest absolute Gasteiger partial charge is 0.294 e. The molecule has 3 rings (SSSR count).